The van der Waals surface area contributed by atoms with Crippen LogP contribution in [0.2, 0.25) is 0 Å². The minimum atomic E-state index is -0.434. The van der Waals surface area contributed by atoms with Crippen LogP contribution in [0.1, 0.15) is 37.6 Å². The topological polar surface area (TPSA) is 37.4 Å². The third-order valence-electron chi connectivity index (χ3n) is 3.92. The van der Waals surface area contributed by atoms with Gasteiger partial charge in [-0.05, 0) is 23.5 Å². The van der Waals surface area contributed by atoms with E-state index in [0.29, 0.717) is 18.5 Å². The van der Waals surface area contributed by atoms with E-state index in [1.165, 1.54) is 18.2 Å². The average molecular weight is 277 g/mol. The van der Waals surface area contributed by atoms with E-state index in [1.54, 1.807) is 11.0 Å². The Hall–Kier alpha value is -1.71. The lowest BCUT2D eigenvalue weighted by Gasteiger charge is -2.26. The van der Waals surface area contributed by atoms with Crippen LogP contribution in [0.15, 0.2) is 24.3 Å². The summed E-state index contributed by atoms with van der Waals surface area (Å²) >= 11 is 0. The smallest absolute Gasteiger partial charge is 0.223 e. The zero-order chi connectivity index (χ0) is 14.9. The van der Waals surface area contributed by atoms with Gasteiger partial charge in [-0.25, -0.2) is 4.39 Å². The van der Waals surface area contributed by atoms with E-state index in [9.17, 15) is 14.0 Å². The van der Waals surface area contributed by atoms with Crippen molar-refractivity contribution in [2.45, 2.75) is 27.2 Å². The Kier molecular flexibility index (Phi) is 3.93. The van der Waals surface area contributed by atoms with Crippen molar-refractivity contribution in [1.82, 2.24) is 4.90 Å². The molecule has 4 heteroatoms. The molecule has 1 saturated heterocycles. The second kappa shape index (κ2) is 5.35. The molecule has 1 aliphatic heterocycles. The van der Waals surface area contributed by atoms with Gasteiger partial charge in [-0.2, -0.15) is 0 Å². The molecule has 1 aromatic rings. The summed E-state index contributed by atoms with van der Waals surface area (Å²) in [6.45, 7) is 6.94. The number of benzene rings is 1. The monoisotopic (exact) mass is 277 g/mol. The van der Waals surface area contributed by atoms with Crippen LogP contribution in [-0.4, -0.2) is 29.7 Å². The van der Waals surface area contributed by atoms with Gasteiger partial charge in [0.15, 0.2) is 5.78 Å². The van der Waals surface area contributed by atoms with Crippen molar-refractivity contribution < 1.29 is 14.0 Å². The second-order valence-corrected chi connectivity index (χ2v) is 6.47. The molecule has 20 heavy (non-hydrogen) atoms. The van der Waals surface area contributed by atoms with Gasteiger partial charge in [0.2, 0.25) is 5.91 Å². The molecule has 0 spiro atoms. The lowest BCUT2D eigenvalue weighted by Crippen LogP contribution is -2.32. The standard InChI is InChI=1S/C16H20FNO2/c1-16(2,3)12-8-15(20)18(9-12)10-14(19)11-5-4-6-13(17)7-11/h4-7,12H,8-10H2,1-3H3. The molecule has 1 unspecified atom stereocenters. The fourth-order valence-electron chi connectivity index (χ4n) is 2.43. The van der Waals surface area contributed by atoms with E-state index < -0.39 is 5.82 Å². The van der Waals surface area contributed by atoms with Crippen LogP contribution in [0.5, 0.6) is 0 Å². The number of nitrogens with zero attached hydrogens (tertiary/aromatic N) is 1. The van der Waals surface area contributed by atoms with Crippen LogP contribution < -0.4 is 0 Å². The summed E-state index contributed by atoms with van der Waals surface area (Å²) < 4.78 is 13.1. The normalized spacial score (nSPS) is 19.5. The van der Waals surface area contributed by atoms with E-state index in [0.717, 1.165) is 0 Å². The minimum absolute atomic E-state index is 0.00896. The SMILES string of the molecule is CC(C)(C)C1CC(=O)N(CC(=O)c2cccc(F)c2)C1. The summed E-state index contributed by atoms with van der Waals surface area (Å²) in [6.07, 6.45) is 0.486. The maximum absolute atomic E-state index is 13.1. The molecule has 1 aromatic carbocycles. The van der Waals surface area contributed by atoms with Gasteiger partial charge >= 0.3 is 0 Å². The molecular formula is C16H20FNO2. The molecular weight excluding hydrogens is 257 g/mol. The number of likely N-dealkylation sites (tertiary alicyclic amines) is 1. The molecule has 0 aromatic heterocycles. The predicted molar refractivity (Wildman–Crippen MR) is 74.9 cm³/mol. The van der Waals surface area contributed by atoms with Gasteiger partial charge < -0.3 is 4.90 Å². The van der Waals surface area contributed by atoms with Crippen molar-refractivity contribution in [2.75, 3.05) is 13.1 Å². The summed E-state index contributed by atoms with van der Waals surface area (Å²) in [5, 5.41) is 0. The molecule has 1 aliphatic rings. The lowest BCUT2D eigenvalue weighted by atomic mass is 9.80. The number of carbonyl (C=O) groups is 2. The third kappa shape index (κ3) is 3.24. The molecule has 2 rings (SSSR count). The molecule has 0 N–H and O–H groups in total. The van der Waals surface area contributed by atoms with Gasteiger partial charge in [-0.1, -0.05) is 32.9 Å². The Morgan fingerprint density at radius 1 is 1.40 bits per heavy atom. The molecule has 0 bridgehead atoms. The van der Waals surface area contributed by atoms with Crippen molar-refractivity contribution in [1.29, 1.82) is 0 Å². The molecule has 1 atom stereocenters. The Balaban J connectivity index is 2.04. The highest BCUT2D eigenvalue weighted by atomic mass is 19.1. The number of rotatable bonds is 3. The number of carbonyl (C=O) groups excluding carboxylic acids is 2. The van der Waals surface area contributed by atoms with Gasteiger partial charge in [0.25, 0.3) is 0 Å². The van der Waals surface area contributed by atoms with Crippen LogP contribution >= 0.6 is 0 Å². The molecule has 0 saturated carbocycles. The Bertz CT molecular complexity index is 534. The van der Waals surface area contributed by atoms with Crippen LogP contribution in [0.25, 0.3) is 0 Å². The average Bonchev–Trinajstić information content (AvgIpc) is 2.71. The zero-order valence-electron chi connectivity index (χ0n) is 12.1. The lowest BCUT2D eigenvalue weighted by molar-refractivity contribution is -0.127. The molecule has 1 heterocycles. The highest BCUT2D eigenvalue weighted by molar-refractivity contribution is 5.99. The number of hydrogen-bond acceptors (Lipinski definition) is 2. The van der Waals surface area contributed by atoms with Gasteiger partial charge in [0.1, 0.15) is 5.82 Å². The maximum atomic E-state index is 13.1. The first-order valence-corrected chi connectivity index (χ1v) is 6.84. The fourth-order valence-corrected chi connectivity index (χ4v) is 2.43. The first kappa shape index (κ1) is 14.7. The van der Waals surface area contributed by atoms with Gasteiger partial charge in [-0.3, -0.25) is 9.59 Å². The highest BCUT2D eigenvalue weighted by Crippen LogP contribution is 2.34. The predicted octanol–water partition coefficient (Wildman–Crippen LogP) is 2.90. The largest absolute Gasteiger partial charge is 0.335 e. The number of halogens is 1. The zero-order valence-corrected chi connectivity index (χ0v) is 12.1. The Morgan fingerprint density at radius 2 is 2.10 bits per heavy atom. The quantitative estimate of drug-likeness (QED) is 0.797. The second-order valence-electron chi connectivity index (χ2n) is 6.47. The minimum Gasteiger partial charge on any atom is -0.335 e. The molecule has 3 nitrogen and oxygen atoms in total. The maximum Gasteiger partial charge on any atom is 0.223 e. The molecule has 1 amide bonds. The summed E-state index contributed by atoms with van der Waals surface area (Å²) in [7, 11) is 0. The van der Waals surface area contributed by atoms with E-state index in [-0.39, 0.29) is 29.6 Å². The van der Waals surface area contributed by atoms with E-state index in [1.807, 2.05) is 0 Å². The number of amides is 1. The number of Topliss-reactive ketones (excluding diaryl/α,β-unsaturated/α-hetero) is 1. The van der Waals surface area contributed by atoms with Crippen molar-refractivity contribution >= 4 is 11.7 Å². The summed E-state index contributed by atoms with van der Waals surface area (Å²) in [5.74, 6) is -0.381. The third-order valence-corrected chi connectivity index (χ3v) is 3.92. The summed E-state index contributed by atoms with van der Waals surface area (Å²) in [6, 6.07) is 5.59. The van der Waals surface area contributed by atoms with Crippen LogP contribution in [-0.2, 0) is 4.79 Å². The van der Waals surface area contributed by atoms with Crippen LogP contribution in [0, 0.1) is 17.2 Å². The number of hydrogen-bond donors (Lipinski definition) is 0. The Morgan fingerprint density at radius 3 is 2.65 bits per heavy atom. The van der Waals surface area contributed by atoms with E-state index >= 15 is 0 Å². The van der Waals surface area contributed by atoms with E-state index in [2.05, 4.69) is 20.8 Å². The first-order chi connectivity index (χ1) is 9.27. The van der Waals surface area contributed by atoms with Gasteiger partial charge in [-0.15, -0.1) is 0 Å². The molecule has 1 fully saturated rings. The summed E-state index contributed by atoms with van der Waals surface area (Å²) in [5.41, 5.74) is 0.365. The van der Waals surface area contributed by atoms with Crippen LogP contribution in [0.3, 0.4) is 0 Å². The highest BCUT2D eigenvalue weighted by Gasteiger charge is 2.37. The van der Waals surface area contributed by atoms with Crippen LogP contribution in [0.4, 0.5) is 4.39 Å². The Labute approximate surface area is 118 Å². The van der Waals surface area contributed by atoms with Crippen molar-refractivity contribution in [3.05, 3.63) is 35.6 Å². The summed E-state index contributed by atoms with van der Waals surface area (Å²) in [4.78, 5) is 25.6. The first-order valence-electron chi connectivity index (χ1n) is 6.84. The van der Waals surface area contributed by atoms with Crippen molar-refractivity contribution in [3.63, 3.8) is 0 Å². The molecule has 0 radical (unpaired) electrons. The van der Waals surface area contributed by atoms with E-state index in [4.69, 9.17) is 0 Å². The fraction of sp³-hybridized carbons (Fsp3) is 0.500. The van der Waals surface area contributed by atoms with Gasteiger partial charge in [0, 0.05) is 18.5 Å². The number of ketones is 1. The van der Waals surface area contributed by atoms with Gasteiger partial charge in [0.05, 0.1) is 6.54 Å². The van der Waals surface area contributed by atoms with Crippen molar-refractivity contribution in [2.24, 2.45) is 11.3 Å². The molecule has 0 aliphatic carbocycles. The van der Waals surface area contributed by atoms with Crippen molar-refractivity contribution in [3.8, 4) is 0 Å². The molecule has 108 valence electrons.